The fourth-order valence-electron chi connectivity index (χ4n) is 3.41. The Bertz CT molecular complexity index is 535. The summed E-state index contributed by atoms with van der Waals surface area (Å²) in [7, 11) is 1.79. The Kier molecular flexibility index (Phi) is 3.90. The largest absolute Gasteiger partial charge is 0.345 e. The number of hydrogen-bond donors (Lipinski definition) is 1. The average Bonchev–Trinajstić information content (AvgIpc) is 2.89. The number of nitrogens with zero attached hydrogens (tertiary/aromatic N) is 4. The molecule has 0 radical (unpaired) electrons. The van der Waals surface area contributed by atoms with Gasteiger partial charge in [0.15, 0.2) is 0 Å². The normalized spacial score (nSPS) is 24.2. The summed E-state index contributed by atoms with van der Waals surface area (Å²) in [6.07, 6.45) is 7.33. The van der Waals surface area contributed by atoms with Gasteiger partial charge in [-0.25, -0.2) is 0 Å². The van der Waals surface area contributed by atoms with Gasteiger partial charge in [-0.15, -0.1) is 5.10 Å². The zero-order chi connectivity index (χ0) is 14.8. The van der Waals surface area contributed by atoms with E-state index in [1.807, 2.05) is 0 Å². The molecule has 1 N–H and O–H groups in total. The van der Waals surface area contributed by atoms with Crippen molar-refractivity contribution in [2.75, 3.05) is 6.54 Å². The lowest BCUT2D eigenvalue weighted by Crippen LogP contribution is -2.60. The number of piperazine rings is 1. The summed E-state index contributed by atoms with van der Waals surface area (Å²) in [5.74, 6) is 0.209. The standard InChI is InChI=1S/C14H21N5O2/c1-18-8-11(16-17-18)9-19-12(20)7-15-14(21)13(19)10-5-3-2-4-6-10/h8,10,13H,2-7,9H2,1H3,(H,15,21). The minimum Gasteiger partial charge on any atom is -0.345 e. The maximum atomic E-state index is 12.3. The lowest BCUT2D eigenvalue weighted by molar-refractivity contribution is -0.149. The molecule has 0 bridgehead atoms. The van der Waals surface area contributed by atoms with Gasteiger partial charge < -0.3 is 10.2 Å². The summed E-state index contributed by atoms with van der Waals surface area (Å²) in [6.45, 7) is 0.448. The molecule has 1 saturated carbocycles. The van der Waals surface area contributed by atoms with Crippen LogP contribution in [0.5, 0.6) is 0 Å². The molecule has 2 aliphatic rings. The molecule has 21 heavy (non-hydrogen) atoms. The summed E-state index contributed by atoms with van der Waals surface area (Å²) in [6, 6.07) is -0.353. The molecular weight excluding hydrogens is 270 g/mol. The van der Waals surface area contributed by atoms with E-state index in [-0.39, 0.29) is 30.3 Å². The maximum Gasteiger partial charge on any atom is 0.243 e. The molecule has 114 valence electrons. The molecule has 2 amide bonds. The van der Waals surface area contributed by atoms with Gasteiger partial charge in [0, 0.05) is 13.2 Å². The Balaban J connectivity index is 1.81. The van der Waals surface area contributed by atoms with Gasteiger partial charge in [0.1, 0.15) is 11.7 Å². The predicted octanol–water partition coefficient (Wildman–Crippen LogP) is 0.222. The van der Waals surface area contributed by atoms with Crippen LogP contribution in [0.2, 0.25) is 0 Å². The van der Waals surface area contributed by atoms with Gasteiger partial charge in [-0.05, 0) is 18.8 Å². The van der Waals surface area contributed by atoms with Crippen molar-refractivity contribution in [1.29, 1.82) is 0 Å². The van der Waals surface area contributed by atoms with Crippen LogP contribution in [-0.2, 0) is 23.2 Å². The van der Waals surface area contributed by atoms with E-state index >= 15 is 0 Å². The number of rotatable bonds is 3. The lowest BCUT2D eigenvalue weighted by Gasteiger charge is -2.40. The predicted molar refractivity (Wildman–Crippen MR) is 74.9 cm³/mol. The van der Waals surface area contributed by atoms with Gasteiger partial charge in [0.25, 0.3) is 0 Å². The first kappa shape index (κ1) is 14.0. The highest BCUT2D eigenvalue weighted by molar-refractivity contribution is 5.95. The first-order chi connectivity index (χ1) is 10.1. The minimum absolute atomic E-state index is 0.0228. The fraction of sp³-hybridized carbons (Fsp3) is 0.714. The van der Waals surface area contributed by atoms with E-state index in [9.17, 15) is 9.59 Å². The molecule has 1 saturated heterocycles. The maximum absolute atomic E-state index is 12.3. The molecule has 3 rings (SSSR count). The van der Waals surface area contributed by atoms with Crippen LogP contribution in [0.4, 0.5) is 0 Å². The Morgan fingerprint density at radius 3 is 2.71 bits per heavy atom. The third-order valence-corrected chi connectivity index (χ3v) is 4.42. The molecular formula is C14H21N5O2. The molecule has 1 unspecified atom stereocenters. The van der Waals surface area contributed by atoms with E-state index in [1.165, 1.54) is 6.42 Å². The third kappa shape index (κ3) is 2.91. The van der Waals surface area contributed by atoms with Crippen molar-refractivity contribution in [2.45, 2.75) is 44.7 Å². The quantitative estimate of drug-likeness (QED) is 0.864. The number of hydrogen-bond acceptors (Lipinski definition) is 4. The first-order valence-electron chi connectivity index (χ1n) is 7.57. The van der Waals surface area contributed by atoms with Crippen molar-refractivity contribution in [2.24, 2.45) is 13.0 Å². The number of amides is 2. The highest BCUT2D eigenvalue weighted by atomic mass is 16.2. The molecule has 1 aromatic rings. The van der Waals surface area contributed by atoms with E-state index in [0.717, 1.165) is 31.4 Å². The molecule has 1 aromatic heterocycles. The number of carbonyl (C=O) groups excluding carboxylic acids is 2. The molecule has 1 atom stereocenters. The van der Waals surface area contributed by atoms with Crippen LogP contribution in [0.25, 0.3) is 0 Å². The number of nitrogens with one attached hydrogen (secondary N) is 1. The number of aromatic nitrogens is 3. The summed E-state index contributed by atoms with van der Waals surface area (Å²) in [5, 5.41) is 10.7. The molecule has 0 aromatic carbocycles. The van der Waals surface area contributed by atoms with Crippen LogP contribution in [0.1, 0.15) is 37.8 Å². The number of aryl methyl sites for hydroxylation is 1. The summed E-state index contributed by atoms with van der Waals surface area (Å²) >= 11 is 0. The van der Waals surface area contributed by atoms with Crippen molar-refractivity contribution in [3.63, 3.8) is 0 Å². The van der Waals surface area contributed by atoms with E-state index in [1.54, 1.807) is 22.8 Å². The van der Waals surface area contributed by atoms with Crippen LogP contribution in [0, 0.1) is 5.92 Å². The summed E-state index contributed by atoms with van der Waals surface area (Å²) in [5.41, 5.74) is 0.723. The van der Waals surface area contributed by atoms with E-state index in [0.29, 0.717) is 6.54 Å². The SMILES string of the molecule is Cn1cc(CN2C(=O)CNC(=O)C2C2CCCCC2)nn1. The summed E-state index contributed by atoms with van der Waals surface area (Å²) in [4.78, 5) is 26.3. The van der Waals surface area contributed by atoms with Crippen molar-refractivity contribution >= 4 is 11.8 Å². The smallest absolute Gasteiger partial charge is 0.243 e. The van der Waals surface area contributed by atoms with Gasteiger partial charge in [-0.1, -0.05) is 24.5 Å². The van der Waals surface area contributed by atoms with Gasteiger partial charge in [0.2, 0.25) is 11.8 Å². The monoisotopic (exact) mass is 291 g/mol. The Morgan fingerprint density at radius 2 is 2.05 bits per heavy atom. The fourth-order valence-corrected chi connectivity index (χ4v) is 3.41. The second kappa shape index (κ2) is 5.83. The van der Waals surface area contributed by atoms with Crippen LogP contribution < -0.4 is 5.32 Å². The highest BCUT2D eigenvalue weighted by Crippen LogP contribution is 2.30. The highest BCUT2D eigenvalue weighted by Gasteiger charge is 2.40. The van der Waals surface area contributed by atoms with E-state index in [4.69, 9.17) is 0 Å². The Labute approximate surface area is 123 Å². The molecule has 2 heterocycles. The van der Waals surface area contributed by atoms with Gasteiger partial charge in [-0.2, -0.15) is 0 Å². The van der Waals surface area contributed by atoms with Crippen LogP contribution in [0.3, 0.4) is 0 Å². The van der Waals surface area contributed by atoms with Crippen LogP contribution in [-0.4, -0.2) is 44.3 Å². The van der Waals surface area contributed by atoms with E-state index in [2.05, 4.69) is 15.6 Å². The van der Waals surface area contributed by atoms with Gasteiger partial charge in [0.05, 0.1) is 13.1 Å². The topological polar surface area (TPSA) is 80.1 Å². The lowest BCUT2D eigenvalue weighted by atomic mass is 9.82. The van der Waals surface area contributed by atoms with E-state index < -0.39 is 0 Å². The zero-order valence-corrected chi connectivity index (χ0v) is 12.3. The average molecular weight is 291 g/mol. The van der Waals surface area contributed by atoms with Gasteiger partial charge in [-0.3, -0.25) is 14.3 Å². The zero-order valence-electron chi connectivity index (χ0n) is 12.3. The van der Waals surface area contributed by atoms with Gasteiger partial charge >= 0.3 is 0 Å². The molecule has 1 aliphatic heterocycles. The number of carbonyl (C=O) groups is 2. The second-order valence-corrected chi connectivity index (χ2v) is 5.97. The molecule has 2 fully saturated rings. The summed E-state index contributed by atoms with van der Waals surface area (Å²) < 4.78 is 1.61. The van der Waals surface area contributed by atoms with Crippen molar-refractivity contribution in [3.05, 3.63) is 11.9 Å². The third-order valence-electron chi connectivity index (χ3n) is 4.42. The van der Waals surface area contributed by atoms with Crippen LogP contribution in [0.15, 0.2) is 6.20 Å². The molecule has 7 heteroatoms. The Hall–Kier alpha value is -1.92. The molecule has 7 nitrogen and oxygen atoms in total. The Morgan fingerprint density at radius 1 is 1.29 bits per heavy atom. The van der Waals surface area contributed by atoms with Crippen LogP contribution >= 0.6 is 0 Å². The minimum atomic E-state index is -0.353. The molecule has 1 aliphatic carbocycles. The second-order valence-electron chi connectivity index (χ2n) is 5.97. The van der Waals surface area contributed by atoms with Crippen molar-refractivity contribution in [3.8, 4) is 0 Å². The molecule has 0 spiro atoms. The first-order valence-corrected chi connectivity index (χ1v) is 7.57. The van der Waals surface area contributed by atoms with Crippen molar-refractivity contribution in [1.82, 2.24) is 25.2 Å². The van der Waals surface area contributed by atoms with Crippen molar-refractivity contribution < 1.29 is 9.59 Å².